The zero-order chi connectivity index (χ0) is 13.9. The van der Waals surface area contributed by atoms with Gasteiger partial charge in [-0.2, -0.15) is 13.2 Å². The van der Waals surface area contributed by atoms with E-state index in [0.717, 1.165) is 19.1 Å². The van der Waals surface area contributed by atoms with E-state index in [1.165, 1.54) is 0 Å². The fourth-order valence-corrected chi connectivity index (χ4v) is 1.48. The first kappa shape index (κ1) is 14.3. The summed E-state index contributed by atoms with van der Waals surface area (Å²) in [6, 6.07) is 0. The molecule has 1 heterocycles. The second-order valence-corrected chi connectivity index (χ2v) is 3.92. The maximum atomic E-state index is 12.4. The molecule has 100 valence electrons. The highest BCUT2D eigenvalue weighted by atomic mass is 19.4. The van der Waals surface area contributed by atoms with Crippen molar-refractivity contribution >= 4 is 5.97 Å². The standard InChI is InChI=1S/C12H13F3O3/c1-7(12(13,14)15)5-10-8(2)9(3-4-18-10)6-11(16)17/h5-6H,3-4H2,1-2H3,(H,16,17)/b7-5+,9-6+. The molecule has 1 aliphatic heterocycles. The molecular formula is C12H13F3O3. The highest BCUT2D eigenvalue weighted by molar-refractivity contribution is 5.81. The van der Waals surface area contributed by atoms with Gasteiger partial charge >= 0.3 is 12.1 Å². The lowest BCUT2D eigenvalue weighted by Gasteiger charge is -2.20. The van der Waals surface area contributed by atoms with Gasteiger partial charge in [-0.3, -0.25) is 0 Å². The van der Waals surface area contributed by atoms with E-state index in [4.69, 9.17) is 9.84 Å². The number of carbonyl (C=O) groups is 1. The maximum Gasteiger partial charge on any atom is 0.412 e. The number of alkyl halides is 3. The molecule has 0 radical (unpaired) electrons. The van der Waals surface area contributed by atoms with E-state index < -0.39 is 17.7 Å². The molecule has 0 unspecified atom stereocenters. The predicted octanol–water partition coefficient (Wildman–Crippen LogP) is 3.20. The Kier molecular flexibility index (Phi) is 4.21. The SMILES string of the molecule is CC1=C(/C=C(\C)C(F)(F)F)OCC/C1=C\C(=O)O. The predicted molar refractivity (Wildman–Crippen MR) is 58.8 cm³/mol. The van der Waals surface area contributed by atoms with Crippen LogP contribution in [-0.2, 0) is 9.53 Å². The normalized spacial score (nSPS) is 20.1. The molecule has 0 spiro atoms. The fraction of sp³-hybridized carbons (Fsp3) is 0.417. The van der Waals surface area contributed by atoms with E-state index in [-0.39, 0.29) is 12.4 Å². The van der Waals surface area contributed by atoms with Gasteiger partial charge in [0.15, 0.2) is 0 Å². The monoisotopic (exact) mass is 262 g/mol. The number of rotatable bonds is 2. The van der Waals surface area contributed by atoms with Gasteiger partial charge in [0.2, 0.25) is 0 Å². The molecule has 0 aliphatic carbocycles. The van der Waals surface area contributed by atoms with Crippen LogP contribution in [0.15, 0.2) is 34.6 Å². The average molecular weight is 262 g/mol. The van der Waals surface area contributed by atoms with Crippen molar-refractivity contribution in [3.63, 3.8) is 0 Å². The Hall–Kier alpha value is -1.72. The first-order chi connectivity index (χ1) is 8.21. The van der Waals surface area contributed by atoms with Gasteiger partial charge in [0.1, 0.15) is 5.76 Å². The number of halogens is 3. The third-order valence-electron chi connectivity index (χ3n) is 2.57. The van der Waals surface area contributed by atoms with Crippen LogP contribution in [0.2, 0.25) is 0 Å². The third kappa shape index (κ3) is 3.65. The summed E-state index contributed by atoms with van der Waals surface area (Å²) >= 11 is 0. The van der Waals surface area contributed by atoms with Crippen LogP contribution in [0.5, 0.6) is 0 Å². The Morgan fingerprint density at radius 3 is 2.56 bits per heavy atom. The van der Waals surface area contributed by atoms with Crippen LogP contribution < -0.4 is 0 Å². The van der Waals surface area contributed by atoms with Gasteiger partial charge in [-0.05, 0) is 31.1 Å². The van der Waals surface area contributed by atoms with Gasteiger partial charge in [0, 0.05) is 18.1 Å². The summed E-state index contributed by atoms with van der Waals surface area (Å²) in [6.45, 7) is 2.66. The molecule has 0 fully saturated rings. The molecule has 0 saturated heterocycles. The van der Waals surface area contributed by atoms with Crippen LogP contribution in [0.3, 0.4) is 0 Å². The van der Waals surface area contributed by atoms with E-state index in [1.54, 1.807) is 6.92 Å². The number of aliphatic carboxylic acids is 1. The quantitative estimate of drug-likeness (QED) is 0.777. The Balaban J connectivity index is 3.12. The zero-order valence-corrected chi connectivity index (χ0v) is 9.97. The minimum Gasteiger partial charge on any atom is -0.493 e. The Labute approximate surface area is 102 Å². The van der Waals surface area contributed by atoms with E-state index >= 15 is 0 Å². The van der Waals surface area contributed by atoms with E-state index in [2.05, 4.69) is 0 Å². The lowest BCUT2D eigenvalue weighted by molar-refractivity contribution is -0.131. The minimum atomic E-state index is -4.41. The molecular weight excluding hydrogens is 249 g/mol. The molecule has 0 aromatic rings. The molecule has 0 saturated carbocycles. The molecule has 0 aromatic carbocycles. The summed E-state index contributed by atoms with van der Waals surface area (Å²) in [6.07, 6.45) is -2.15. The average Bonchev–Trinajstić information content (AvgIpc) is 2.21. The van der Waals surface area contributed by atoms with Crippen LogP contribution in [0.4, 0.5) is 13.2 Å². The number of carboxylic acids is 1. The fourth-order valence-electron chi connectivity index (χ4n) is 1.48. The molecule has 18 heavy (non-hydrogen) atoms. The number of hydrogen-bond acceptors (Lipinski definition) is 2. The van der Waals surface area contributed by atoms with Crippen molar-refractivity contribution in [2.45, 2.75) is 26.4 Å². The van der Waals surface area contributed by atoms with Gasteiger partial charge in [0.25, 0.3) is 0 Å². The van der Waals surface area contributed by atoms with Gasteiger partial charge in [-0.1, -0.05) is 0 Å². The Morgan fingerprint density at radius 2 is 2.06 bits per heavy atom. The van der Waals surface area contributed by atoms with Crippen molar-refractivity contribution in [2.24, 2.45) is 0 Å². The van der Waals surface area contributed by atoms with Crippen molar-refractivity contribution in [3.8, 4) is 0 Å². The van der Waals surface area contributed by atoms with Crippen LogP contribution in [0.1, 0.15) is 20.3 Å². The zero-order valence-electron chi connectivity index (χ0n) is 9.97. The lowest BCUT2D eigenvalue weighted by Crippen LogP contribution is -2.12. The maximum absolute atomic E-state index is 12.4. The summed E-state index contributed by atoms with van der Waals surface area (Å²) in [5, 5.41) is 8.65. The first-order valence-corrected chi connectivity index (χ1v) is 5.25. The van der Waals surface area contributed by atoms with E-state index in [1.807, 2.05) is 0 Å². The summed E-state index contributed by atoms with van der Waals surface area (Å²) in [5.74, 6) is -1.05. The van der Waals surface area contributed by atoms with Crippen molar-refractivity contribution in [1.82, 2.24) is 0 Å². The smallest absolute Gasteiger partial charge is 0.412 e. The minimum absolute atomic E-state index is 0.0728. The molecule has 0 aromatic heterocycles. The van der Waals surface area contributed by atoms with Gasteiger partial charge < -0.3 is 9.84 Å². The largest absolute Gasteiger partial charge is 0.493 e. The van der Waals surface area contributed by atoms with Gasteiger partial charge in [-0.15, -0.1) is 0 Å². The lowest BCUT2D eigenvalue weighted by atomic mass is 10.00. The van der Waals surface area contributed by atoms with Crippen LogP contribution in [0.25, 0.3) is 0 Å². The van der Waals surface area contributed by atoms with E-state index in [9.17, 15) is 18.0 Å². The Bertz CT molecular complexity index is 442. The second kappa shape index (κ2) is 5.29. The van der Waals surface area contributed by atoms with Gasteiger partial charge in [-0.25, -0.2) is 4.79 Å². The summed E-state index contributed by atoms with van der Waals surface area (Å²) in [5.41, 5.74) is 0.121. The van der Waals surface area contributed by atoms with Crippen LogP contribution in [-0.4, -0.2) is 23.9 Å². The third-order valence-corrected chi connectivity index (χ3v) is 2.57. The molecule has 0 amide bonds. The summed E-state index contributed by atoms with van der Waals surface area (Å²) < 4.78 is 42.3. The molecule has 6 heteroatoms. The van der Waals surface area contributed by atoms with Crippen LogP contribution >= 0.6 is 0 Å². The highest BCUT2D eigenvalue weighted by Gasteiger charge is 2.30. The molecule has 0 bridgehead atoms. The number of allylic oxidation sites excluding steroid dienone is 3. The van der Waals surface area contributed by atoms with Crippen molar-refractivity contribution in [2.75, 3.05) is 6.61 Å². The Morgan fingerprint density at radius 1 is 1.44 bits per heavy atom. The number of carboxylic acid groups (broad SMARTS) is 1. The van der Waals surface area contributed by atoms with E-state index in [0.29, 0.717) is 17.6 Å². The molecule has 3 nitrogen and oxygen atoms in total. The molecule has 1 N–H and O–H groups in total. The van der Waals surface area contributed by atoms with Crippen LogP contribution in [0, 0.1) is 0 Å². The topological polar surface area (TPSA) is 46.5 Å². The molecule has 1 rings (SSSR count). The summed E-state index contributed by atoms with van der Waals surface area (Å²) in [4.78, 5) is 10.6. The van der Waals surface area contributed by atoms with Crippen molar-refractivity contribution in [1.29, 1.82) is 0 Å². The van der Waals surface area contributed by atoms with Gasteiger partial charge in [0.05, 0.1) is 6.61 Å². The number of ether oxygens (including phenoxy) is 1. The van der Waals surface area contributed by atoms with Crippen molar-refractivity contribution < 1.29 is 27.8 Å². The summed E-state index contributed by atoms with van der Waals surface area (Å²) in [7, 11) is 0. The molecule has 0 atom stereocenters. The number of hydrogen-bond donors (Lipinski definition) is 1. The second-order valence-electron chi connectivity index (χ2n) is 3.92. The first-order valence-electron chi connectivity index (χ1n) is 5.25. The molecule has 1 aliphatic rings. The van der Waals surface area contributed by atoms with Crippen molar-refractivity contribution in [3.05, 3.63) is 34.6 Å². The highest BCUT2D eigenvalue weighted by Crippen LogP contribution is 2.30.